The van der Waals surface area contributed by atoms with Gasteiger partial charge in [-0.05, 0) is 31.2 Å². The zero-order chi connectivity index (χ0) is 21.7. The minimum absolute atomic E-state index is 0.0318. The Hall–Kier alpha value is -3.04. The van der Waals surface area contributed by atoms with Crippen molar-refractivity contribution in [3.8, 4) is 16.3 Å². The maximum Gasteiger partial charge on any atom is 0.387 e. The number of hydrogen-bond acceptors (Lipinski definition) is 6. The first-order valence-electron chi connectivity index (χ1n) is 8.60. The highest BCUT2D eigenvalue weighted by molar-refractivity contribution is 7.13. The molecule has 1 heterocycles. The van der Waals surface area contributed by atoms with Crippen LogP contribution in [0.3, 0.4) is 0 Å². The molecule has 1 aromatic heterocycles. The number of ether oxygens (including phenoxy) is 2. The Morgan fingerprint density at radius 1 is 1.13 bits per heavy atom. The third-order valence-corrected chi connectivity index (χ3v) is 4.96. The van der Waals surface area contributed by atoms with Gasteiger partial charge in [0.15, 0.2) is 11.8 Å². The smallest absolute Gasteiger partial charge is 0.387 e. The Labute approximate surface area is 179 Å². The number of aromatic nitrogens is 1. The number of amides is 1. The van der Waals surface area contributed by atoms with Gasteiger partial charge in [-0.3, -0.25) is 4.79 Å². The quantitative estimate of drug-likeness (QED) is 0.495. The van der Waals surface area contributed by atoms with Crippen LogP contribution in [0.4, 0.5) is 14.5 Å². The highest BCUT2D eigenvalue weighted by Crippen LogP contribution is 2.27. The third-order valence-electron chi connectivity index (χ3n) is 3.82. The standard InChI is InChI=1S/C20H15ClF2N2O4S/c1-11(17(26)24-14-4-2-3-5-16(14)29-20(22)23)28-19(27)15-10-30-18(25-15)12-6-8-13(21)9-7-12/h2-11,20H,1H3,(H,24,26). The maximum atomic E-state index is 12.5. The van der Waals surface area contributed by atoms with Crippen LogP contribution in [0.5, 0.6) is 5.75 Å². The summed E-state index contributed by atoms with van der Waals surface area (Å²) in [5.74, 6) is -1.69. The average Bonchev–Trinajstić information content (AvgIpc) is 3.20. The second kappa shape index (κ2) is 9.64. The van der Waals surface area contributed by atoms with Gasteiger partial charge in [-0.15, -0.1) is 11.3 Å². The molecule has 3 rings (SSSR count). The topological polar surface area (TPSA) is 77.5 Å². The predicted molar refractivity (Wildman–Crippen MR) is 109 cm³/mol. The van der Waals surface area contributed by atoms with Crippen molar-refractivity contribution in [3.05, 3.63) is 64.6 Å². The predicted octanol–water partition coefficient (Wildman–Crippen LogP) is 5.25. The summed E-state index contributed by atoms with van der Waals surface area (Å²) in [5, 5.41) is 5.09. The summed E-state index contributed by atoms with van der Waals surface area (Å²) in [4.78, 5) is 28.9. The minimum atomic E-state index is -3.04. The molecule has 2 aromatic carbocycles. The highest BCUT2D eigenvalue weighted by atomic mass is 35.5. The first kappa shape index (κ1) is 21.7. The van der Waals surface area contributed by atoms with Gasteiger partial charge in [0.05, 0.1) is 5.69 Å². The van der Waals surface area contributed by atoms with Crippen molar-refractivity contribution >= 4 is 40.5 Å². The van der Waals surface area contributed by atoms with E-state index in [0.29, 0.717) is 10.0 Å². The van der Waals surface area contributed by atoms with Crippen molar-refractivity contribution in [2.75, 3.05) is 5.32 Å². The van der Waals surface area contributed by atoms with Crippen molar-refractivity contribution < 1.29 is 27.8 Å². The summed E-state index contributed by atoms with van der Waals surface area (Å²) in [6, 6.07) is 12.7. The summed E-state index contributed by atoms with van der Waals surface area (Å²) < 4.78 is 34.5. The summed E-state index contributed by atoms with van der Waals surface area (Å²) in [6.45, 7) is -1.69. The fraction of sp³-hybridized carbons (Fsp3) is 0.150. The van der Waals surface area contributed by atoms with Crippen molar-refractivity contribution in [1.82, 2.24) is 4.98 Å². The van der Waals surface area contributed by atoms with Gasteiger partial charge in [0.2, 0.25) is 0 Å². The summed E-state index contributed by atoms with van der Waals surface area (Å²) in [7, 11) is 0. The highest BCUT2D eigenvalue weighted by Gasteiger charge is 2.22. The lowest BCUT2D eigenvalue weighted by atomic mass is 10.2. The van der Waals surface area contributed by atoms with Crippen LogP contribution in [0.15, 0.2) is 53.9 Å². The van der Waals surface area contributed by atoms with Crippen LogP contribution in [0.25, 0.3) is 10.6 Å². The van der Waals surface area contributed by atoms with Crippen LogP contribution in [-0.2, 0) is 9.53 Å². The summed E-state index contributed by atoms with van der Waals surface area (Å²) >= 11 is 7.10. The van der Waals surface area contributed by atoms with Crippen LogP contribution < -0.4 is 10.1 Å². The van der Waals surface area contributed by atoms with Gasteiger partial charge < -0.3 is 14.8 Å². The fourth-order valence-corrected chi connectivity index (χ4v) is 3.29. The molecule has 0 aliphatic carbocycles. The van der Waals surface area contributed by atoms with Gasteiger partial charge in [0, 0.05) is 16.0 Å². The molecular weight excluding hydrogens is 438 g/mol. The van der Waals surface area contributed by atoms with E-state index in [2.05, 4.69) is 15.0 Å². The van der Waals surface area contributed by atoms with E-state index < -0.39 is 24.6 Å². The SMILES string of the molecule is CC(OC(=O)c1csc(-c2ccc(Cl)cc2)n1)C(=O)Nc1ccccc1OC(F)F. The van der Waals surface area contributed by atoms with Crippen molar-refractivity contribution in [1.29, 1.82) is 0 Å². The van der Waals surface area contributed by atoms with Gasteiger partial charge >= 0.3 is 12.6 Å². The first-order chi connectivity index (χ1) is 14.3. The van der Waals surface area contributed by atoms with E-state index in [0.717, 1.165) is 5.56 Å². The largest absolute Gasteiger partial charge is 0.448 e. The number of carbonyl (C=O) groups excluding carboxylic acids is 2. The lowest BCUT2D eigenvalue weighted by Crippen LogP contribution is -2.30. The molecule has 3 aromatic rings. The maximum absolute atomic E-state index is 12.5. The van der Waals surface area contributed by atoms with Gasteiger partial charge in [0.1, 0.15) is 10.8 Å². The van der Waals surface area contributed by atoms with Gasteiger partial charge in [-0.1, -0.05) is 35.9 Å². The monoisotopic (exact) mass is 452 g/mol. The molecule has 30 heavy (non-hydrogen) atoms. The number of nitrogens with one attached hydrogen (secondary N) is 1. The molecule has 1 atom stereocenters. The Morgan fingerprint density at radius 2 is 1.83 bits per heavy atom. The zero-order valence-corrected chi connectivity index (χ0v) is 17.0. The molecule has 1 N–H and O–H groups in total. The van der Waals surface area contributed by atoms with E-state index in [1.807, 2.05) is 0 Å². The second-order valence-electron chi connectivity index (χ2n) is 5.96. The lowest BCUT2D eigenvalue weighted by Gasteiger charge is -2.15. The number of rotatable bonds is 7. The van der Waals surface area contributed by atoms with E-state index in [1.165, 1.54) is 47.9 Å². The molecule has 0 saturated heterocycles. The van der Waals surface area contributed by atoms with Crippen LogP contribution in [-0.4, -0.2) is 29.6 Å². The Morgan fingerprint density at radius 3 is 2.53 bits per heavy atom. The number of thiazole rings is 1. The fourth-order valence-electron chi connectivity index (χ4n) is 2.37. The number of esters is 1. The van der Waals surface area contributed by atoms with Gasteiger partial charge in [0.25, 0.3) is 5.91 Å². The molecule has 156 valence electrons. The Balaban J connectivity index is 1.63. The van der Waals surface area contributed by atoms with E-state index in [9.17, 15) is 18.4 Å². The minimum Gasteiger partial charge on any atom is -0.448 e. The third kappa shape index (κ3) is 5.52. The van der Waals surface area contributed by atoms with Gasteiger partial charge in [-0.25, -0.2) is 9.78 Å². The number of hydrogen-bond donors (Lipinski definition) is 1. The number of para-hydroxylation sites is 2. The van der Waals surface area contributed by atoms with Crippen LogP contribution in [0.2, 0.25) is 5.02 Å². The molecule has 0 bridgehead atoms. The second-order valence-corrected chi connectivity index (χ2v) is 7.25. The molecule has 0 radical (unpaired) electrons. The molecule has 1 amide bonds. The molecule has 6 nitrogen and oxygen atoms in total. The van der Waals surface area contributed by atoms with E-state index >= 15 is 0 Å². The van der Waals surface area contributed by atoms with Crippen molar-refractivity contribution in [3.63, 3.8) is 0 Å². The van der Waals surface area contributed by atoms with Crippen molar-refractivity contribution in [2.24, 2.45) is 0 Å². The molecule has 10 heteroatoms. The summed E-state index contributed by atoms with van der Waals surface area (Å²) in [5.41, 5.74) is 0.861. The molecular formula is C20H15ClF2N2O4S. The van der Waals surface area contributed by atoms with E-state index in [-0.39, 0.29) is 17.1 Å². The van der Waals surface area contributed by atoms with Crippen LogP contribution >= 0.6 is 22.9 Å². The van der Waals surface area contributed by atoms with Gasteiger partial charge in [-0.2, -0.15) is 8.78 Å². The number of benzene rings is 2. The van der Waals surface area contributed by atoms with Crippen LogP contribution in [0.1, 0.15) is 17.4 Å². The average molecular weight is 453 g/mol. The summed E-state index contributed by atoms with van der Waals surface area (Å²) in [6.07, 6.45) is -1.20. The number of carbonyl (C=O) groups is 2. The molecule has 0 aliphatic rings. The normalized spacial score (nSPS) is 11.8. The van der Waals surface area contributed by atoms with E-state index in [1.54, 1.807) is 24.3 Å². The zero-order valence-electron chi connectivity index (χ0n) is 15.5. The molecule has 0 saturated carbocycles. The molecule has 0 spiro atoms. The number of alkyl halides is 2. The Bertz CT molecular complexity index is 1040. The first-order valence-corrected chi connectivity index (χ1v) is 9.86. The Kier molecular flexibility index (Phi) is 6.96. The van der Waals surface area contributed by atoms with E-state index in [4.69, 9.17) is 16.3 Å². The lowest BCUT2D eigenvalue weighted by molar-refractivity contribution is -0.123. The molecule has 0 fully saturated rings. The molecule has 1 unspecified atom stereocenters. The number of nitrogens with zero attached hydrogens (tertiary/aromatic N) is 1. The van der Waals surface area contributed by atoms with Crippen LogP contribution in [0, 0.1) is 0 Å². The number of halogens is 3. The number of anilines is 1. The van der Waals surface area contributed by atoms with Crippen molar-refractivity contribution in [2.45, 2.75) is 19.6 Å². The molecule has 0 aliphatic heterocycles.